The molecule has 0 atom stereocenters. The predicted molar refractivity (Wildman–Crippen MR) is 103 cm³/mol. The number of carbonyl (C=O) groups excluding carboxylic acids is 2. The van der Waals surface area contributed by atoms with Crippen LogP contribution in [0.2, 0.25) is 0 Å². The molecule has 1 amide bonds. The van der Waals surface area contributed by atoms with Gasteiger partial charge in [-0.25, -0.2) is 4.79 Å². The lowest BCUT2D eigenvalue weighted by Crippen LogP contribution is -2.26. The van der Waals surface area contributed by atoms with Crippen LogP contribution in [-0.4, -0.2) is 56.7 Å². The predicted octanol–water partition coefficient (Wildman–Crippen LogP) is 2.63. The fourth-order valence-corrected chi connectivity index (χ4v) is 4.47. The number of hydrogen-bond acceptors (Lipinski definition) is 8. The molecular weight excluding hydrogens is 388 g/mol. The largest absolute Gasteiger partial charge is 0.466 e. The van der Waals surface area contributed by atoms with Crippen molar-refractivity contribution >= 4 is 35.4 Å². The number of furan rings is 1. The lowest BCUT2D eigenvalue weighted by atomic mass is 10.4. The summed E-state index contributed by atoms with van der Waals surface area (Å²) in [6.07, 6.45) is 3.75. The van der Waals surface area contributed by atoms with Crippen molar-refractivity contribution in [3.05, 3.63) is 29.5 Å². The van der Waals surface area contributed by atoms with Gasteiger partial charge in [0.05, 0.1) is 30.2 Å². The number of thioether (sulfide) groups is 2. The highest BCUT2D eigenvalue weighted by molar-refractivity contribution is 8.04. The average molecular weight is 409 g/mol. The quantitative estimate of drug-likeness (QED) is 0.285. The van der Waals surface area contributed by atoms with Gasteiger partial charge in [0.25, 0.3) is 0 Å². The molecule has 1 saturated heterocycles. The number of amides is 1. The maximum atomic E-state index is 12.0. The Morgan fingerprint density at radius 1 is 1.48 bits per heavy atom. The van der Waals surface area contributed by atoms with Gasteiger partial charge in [0, 0.05) is 18.8 Å². The van der Waals surface area contributed by atoms with E-state index in [9.17, 15) is 9.59 Å². The molecule has 3 heterocycles. The second kappa shape index (κ2) is 9.14. The fraction of sp³-hybridized carbons (Fsp3) is 0.412. The van der Waals surface area contributed by atoms with Crippen LogP contribution >= 0.6 is 23.5 Å². The number of ether oxygens (including phenoxy) is 1. The van der Waals surface area contributed by atoms with Gasteiger partial charge in [0.2, 0.25) is 5.91 Å². The summed E-state index contributed by atoms with van der Waals surface area (Å²) in [5, 5.41) is 9.94. The minimum absolute atomic E-state index is 0.0111. The highest BCUT2D eigenvalue weighted by atomic mass is 32.2. The van der Waals surface area contributed by atoms with E-state index in [1.807, 2.05) is 23.6 Å². The molecule has 27 heavy (non-hydrogen) atoms. The number of hydrogen-bond donors (Lipinski definition) is 0. The van der Waals surface area contributed by atoms with E-state index in [1.54, 1.807) is 22.9 Å². The maximum absolute atomic E-state index is 12.0. The van der Waals surface area contributed by atoms with Crippen molar-refractivity contribution in [3.8, 4) is 11.6 Å². The molecule has 0 unspecified atom stereocenters. The number of aromatic nitrogens is 3. The van der Waals surface area contributed by atoms with E-state index < -0.39 is 5.97 Å². The Kier molecular flexibility index (Phi) is 6.62. The molecule has 3 rings (SSSR count). The van der Waals surface area contributed by atoms with Crippen LogP contribution < -0.4 is 0 Å². The number of methoxy groups -OCH3 is 1. The Hall–Kier alpha value is -2.20. The van der Waals surface area contributed by atoms with Gasteiger partial charge in [-0.1, -0.05) is 23.5 Å². The van der Waals surface area contributed by atoms with Gasteiger partial charge >= 0.3 is 5.97 Å². The minimum atomic E-state index is -0.451. The third-order valence-electron chi connectivity index (χ3n) is 3.88. The lowest BCUT2D eigenvalue weighted by molar-refractivity contribution is -0.134. The fourth-order valence-electron chi connectivity index (χ4n) is 2.58. The SMILES string of the molecule is CCn1c(SCCCN2C(=O)CS/C2=C\C(=O)OC)nnc1-c1ccco1. The van der Waals surface area contributed by atoms with E-state index in [2.05, 4.69) is 14.9 Å². The van der Waals surface area contributed by atoms with Crippen LogP contribution in [0.25, 0.3) is 11.6 Å². The van der Waals surface area contributed by atoms with Gasteiger partial charge in [-0.2, -0.15) is 0 Å². The molecule has 0 spiro atoms. The van der Waals surface area contributed by atoms with Gasteiger partial charge in [-0.3, -0.25) is 9.36 Å². The van der Waals surface area contributed by atoms with Gasteiger partial charge in [0.1, 0.15) is 0 Å². The van der Waals surface area contributed by atoms with Crippen LogP contribution in [0.3, 0.4) is 0 Å². The van der Waals surface area contributed by atoms with Crippen molar-refractivity contribution in [1.29, 1.82) is 0 Å². The number of rotatable bonds is 8. The van der Waals surface area contributed by atoms with Crippen molar-refractivity contribution in [2.75, 3.05) is 25.2 Å². The molecular formula is C17H20N4O4S2. The first-order valence-corrected chi connectivity index (χ1v) is 10.4. The Morgan fingerprint density at radius 2 is 2.33 bits per heavy atom. The van der Waals surface area contributed by atoms with Gasteiger partial charge < -0.3 is 14.1 Å². The molecule has 2 aromatic heterocycles. The van der Waals surface area contributed by atoms with Crippen LogP contribution in [0.4, 0.5) is 0 Å². The van der Waals surface area contributed by atoms with E-state index in [0.717, 1.165) is 23.9 Å². The highest BCUT2D eigenvalue weighted by Gasteiger charge is 2.27. The lowest BCUT2D eigenvalue weighted by Gasteiger charge is -2.16. The number of esters is 1. The van der Waals surface area contributed by atoms with Gasteiger partial charge in [-0.05, 0) is 25.5 Å². The summed E-state index contributed by atoms with van der Waals surface area (Å²) in [5.41, 5.74) is 0. The normalized spacial score (nSPS) is 15.7. The molecule has 0 aromatic carbocycles. The zero-order chi connectivity index (χ0) is 19.2. The van der Waals surface area contributed by atoms with E-state index in [0.29, 0.717) is 28.9 Å². The second-order valence-corrected chi connectivity index (χ2v) is 7.63. The summed E-state index contributed by atoms with van der Waals surface area (Å²) in [4.78, 5) is 25.1. The average Bonchev–Trinajstić information content (AvgIpc) is 3.39. The van der Waals surface area contributed by atoms with Crippen LogP contribution in [0.5, 0.6) is 0 Å². The van der Waals surface area contributed by atoms with Crippen LogP contribution in [-0.2, 0) is 20.9 Å². The Balaban J connectivity index is 1.57. The molecule has 2 aromatic rings. The highest BCUT2D eigenvalue weighted by Crippen LogP contribution is 2.30. The smallest absolute Gasteiger partial charge is 0.333 e. The third kappa shape index (κ3) is 4.56. The van der Waals surface area contributed by atoms with Crippen molar-refractivity contribution in [2.24, 2.45) is 0 Å². The summed E-state index contributed by atoms with van der Waals surface area (Å²) in [6.45, 7) is 3.31. The summed E-state index contributed by atoms with van der Waals surface area (Å²) in [6, 6.07) is 3.68. The maximum Gasteiger partial charge on any atom is 0.333 e. The molecule has 144 valence electrons. The van der Waals surface area contributed by atoms with E-state index in [1.165, 1.54) is 24.9 Å². The second-order valence-electron chi connectivity index (χ2n) is 5.57. The molecule has 0 radical (unpaired) electrons. The Bertz CT molecular complexity index is 832. The van der Waals surface area contributed by atoms with Gasteiger partial charge in [-0.15, -0.1) is 10.2 Å². The van der Waals surface area contributed by atoms with E-state index >= 15 is 0 Å². The molecule has 0 aliphatic carbocycles. The number of nitrogens with zero attached hydrogens (tertiary/aromatic N) is 4. The Labute approximate surface area is 165 Å². The standard InChI is InChI=1S/C17H20N4O4S2/c1-3-20-16(12-6-4-8-25-12)18-19-17(20)26-9-5-7-21-13(22)11-27-14(21)10-15(23)24-2/h4,6,8,10H,3,5,7,9,11H2,1-2H3/b14-10-. The van der Waals surface area contributed by atoms with E-state index in [-0.39, 0.29) is 5.91 Å². The molecule has 0 bridgehead atoms. The molecule has 0 saturated carbocycles. The number of carbonyl (C=O) groups is 2. The molecule has 1 aliphatic heterocycles. The molecule has 8 nitrogen and oxygen atoms in total. The summed E-state index contributed by atoms with van der Waals surface area (Å²) < 4.78 is 12.1. The Morgan fingerprint density at radius 3 is 3.04 bits per heavy atom. The van der Waals surface area contributed by atoms with Crippen molar-refractivity contribution in [1.82, 2.24) is 19.7 Å². The molecule has 0 N–H and O–H groups in total. The van der Waals surface area contributed by atoms with Crippen LogP contribution in [0.1, 0.15) is 13.3 Å². The molecule has 10 heteroatoms. The summed E-state index contributed by atoms with van der Waals surface area (Å²) in [7, 11) is 1.32. The van der Waals surface area contributed by atoms with Gasteiger partial charge in [0.15, 0.2) is 16.7 Å². The summed E-state index contributed by atoms with van der Waals surface area (Å²) >= 11 is 2.94. The molecule has 1 aliphatic rings. The van der Waals surface area contributed by atoms with Crippen molar-refractivity contribution in [2.45, 2.75) is 25.0 Å². The zero-order valence-corrected chi connectivity index (χ0v) is 16.7. The monoisotopic (exact) mass is 408 g/mol. The van der Waals surface area contributed by atoms with Crippen molar-refractivity contribution < 1.29 is 18.7 Å². The summed E-state index contributed by atoms with van der Waals surface area (Å²) in [5.74, 6) is 2.08. The first-order chi connectivity index (χ1) is 13.1. The topological polar surface area (TPSA) is 90.5 Å². The third-order valence-corrected chi connectivity index (χ3v) is 5.96. The molecule has 1 fully saturated rings. The van der Waals surface area contributed by atoms with Crippen molar-refractivity contribution in [3.63, 3.8) is 0 Å². The minimum Gasteiger partial charge on any atom is -0.466 e. The first-order valence-electron chi connectivity index (χ1n) is 8.46. The van der Waals surface area contributed by atoms with Crippen LogP contribution in [0, 0.1) is 0 Å². The van der Waals surface area contributed by atoms with Crippen LogP contribution in [0.15, 0.2) is 39.1 Å². The van der Waals surface area contributed by atoms with E-state index in [4.69, 9.17) is 4.42 Å². The first kappa shape index (κ1) is 19.6. The zero-order valence-electron chi connectivity index (χ0n) is 15.1.